The van der Waals surface area contributed by atoms with Crippen molar-refractivity contribution in [3.63, 3.8) is 0 Å². The number of hydrogen-bond donors (Lipinski definition) is 0. The molecule has 21 heavy (non-hydrogen) atoms. The topological polar surface area (TPSA) is 36.9 Å². The van der Waals surface area contributed by atoms with Gasteiger partial charge in [-0.2, -0.15) is 0 Å². The summed E-state index contributed by atoms with van der Waals surface area (Å²) in [6.45, 7) is 2.67. The standard InChI is InChI=1S/C15H16Br2O4/c16-10-7-9-11(15(10)20-5-6-21-15)8-1-2-14(9,17)12(8)13-18-3-4-19-13/h1-2,7-9,11-13H,3-6H2/t8-,9+,11+,12+,14-/m0/s1. The van der Waals surface area contributed by atoms with Crippen LogP contribution in [0.25, 0.3) is 0 Å². The van der Waals surface area contributed by atoms with Crippen LogP contribution in [0, 0.1) is 23.7 Å². The van der Waals surface area contributed by atoms with Gasteiger partial charge in [-0.05, 0) is 5.92 Å². The lowest BCUT2D eigenvalue weighted by atomic mass is 9.82. The Morgan fingerprint density at radius 1 is 1.05 bits per heavy atom. The zero-order valence-electron chi connectivity index (χ0n) is 11.3. The highest BCUT2D eigenvalue weighted by Gasteiger charge is 2.72. The molecule has 5 atom stereocenters. The molecule has 3 fully saturated rings. The Morgan fingerprint density at radius 2 is 1.76 bits per heavy atom. The fraction of sp³-hybridized carbons (Fsp3) is 0.733. The van der Waals surface area contributed by atoms with Crippen molar-refractivity contribution in [2.24, 2.45) is 23.7 Å². The summed E-state index contributed by atoms with van der Waals surface area (Å²) >= 11 is 7.69. The van der Waals surface area contributed by atoms with Gasteiger partial charge in [-0.1, -0.05) is 50.1 Å². The van der Waals surface area contributed by atoms with Crippen LogP contribution in [0.5, 0.6) is 0 Å². The Morgan fingerprint density at radius 3 is 2.48 bits per heavy atom. The van der Waals surface area contributed by atoms with Crippen LogP contribution in [-0.4, -0.2) is 42.8 Å². The summed E-state index contributed by atoms with van der Waals surface area (Å²) in [4.78, 5) is 0. The van der Waals surface area contributed by atoms with Crippen molar-refractivity contribution in [1.29, 1.82) is 0 Å². The lowest BCUT2D eigenvalue weighted by Crippen LogP contribution is -2.42. The first-order chi connectivity index (χ1) is 10.2. The minimum atomic E-state index is -0.605. The van der Waals surface area contributed by atoms with Gasteiger partial charge in [0, 0.05) is 17.8 Å². The van der Waals surface area contributed by atoms with Crippen LogP contribution in [0.2, 0.25) is 0 Å². The highest BCUT2D eigenvalue weighted by atomic mass is 79.9. The minimum Gasteiger partial charge on any atom is -0.350 e. The molecule has 2 bridgehead atoms. The number of hydrogen-bond acceptors (Lipinski definition) is 4. The Bertz CT molecular complexity index is 536. The van der Waals surface area contributed by atoms with Crippen LogP contribution in [0.4, 0.5) is 0 Å². The maximum Gasteiger partial charge on any atom is 0.205 e. The van der Waals surface area contributed by atoms with Gasteiger partial charge >= 0.3 is 0 Å². The van der Waals surface area contributed by atoms with E-state index in [-0.39, 0.29) is 22.5 Å². The normalized spacial score (nSPS) is 50.3. The Labute approximate surface area is 140 Å². The van der Waals surface area contributed by atoms with Gasteiger partial charge in [-0.25, -0.2) is 0 Å². The molecule has 5 rings (SSSR count). The second kappa shape index (κ2) is 4.42. The van der Waals surface area contributed by atoms with E-state index in [2.05, 4.69) is 50.1 Å². The molecule has 1 saturated carbocycles. The molecule has 3 aliphatic carbocycles. The van der Waals surface area contributed by atoms with Crippen molar-refractivity contribution >= 4 is 31.9 Å². The summed E-state index contributed by atoms with van der Waals surface area (Å²) in [5, 5.41) is 0. The zero-order valence-corrected chi connectivity index (χ0v) is 14.5. The highest BCUT2D eigenvalue weighted by molar-refractivity contribution is 9.11. The summed E-state index contributed by atoms with van der Waals surface area (Å²) in [5.74, 6) is 0.611. The average molecular weight is 420 g/mol. The first-order valence-electron chi connectivity index (χ1n) is 7.44. The molecule has 2 heterocycles. The van der Waals surface area contributed by atoms with Gasteiger partial charge in [0.2, 0.25) is 5.79 Å². The molecule has 0 aromatic rings. The van der Waals surface area contributed by atoms with Gasteiger partial charge in [0.05, 0.1) is 35.2 Å². The second-order valence-electron chi connectivity index (χ2n) is 6.33. The summed E-state index contributed by atoms with van der Waals surface area (Å²) in [6, 6.07) is 0. The van der Waals surface area contributed by atoms with Crippen molar-refractivity contribution in [1.82, 2.24) is 0 Å². The Balaban J connectivity index is 1.58. The van der Waals surface area contributed by atoms with Gasteiger partial charge in [0.15, 0.2) is 6.29 Å². The van der Waals surface area contributed by atoms with Crippen molar-refractivity contribution < 1.29 is 18.9 Å². The van der Waals surface area contributed by atoms with E-state index >= 15 is 0 Å². The van der Waals surface area contributed by atoms with E-state index in [1.54, 1.807) is 0 Å². The second-order valence-corrected chi connectivity index (χ2v) is 8.56. The molecule has 2 saturated heterocycles. The van der Waals surface area contributed by atoms with Crippen molar-refractivity contribution in [2.75, 3.05) is 26.4 Å². The molecule has 0 amide bonds. The molecule has 0 N–H and O–H groups in total. The first-order valence-corrected chi connectivity index (χ1v) is 9.03. The maximum atomic E-state index is 6.06. The summed E-state index contributed by atoms with van der Waals surface area (Å²) < 4.78 is 24.7. The number of halogens is 2. The van der Waals surface area contributed by atoms with Gasteiger partial charge in [-0.3, -0.25) is 0 Å². The smallest absolute Gasteiger partial charge is 0.205 e. The van der Waals surface area contributed by atoms with Crippen LogP contribution >= 0.6 is 31.9 Å². The molecule has 114 valence electrons. The molecule has 0 aromatic carbocycles. The van der Waals surface area contributed by atoms with Crippen LogP contribution in [-0.2, 0) is 18.9 Å². The lowest BCUT2D eigenvalue weighted by molar-refractivity contribution is -0.168. The SMILES string of the molecule is BrC1=C[C@@H]2[C@@H]([C@@H]3C=C[C@@]2(Br)[C@H]3C2OCCO2)C12OCCO2. The van der Waals surface area contributed by atoms with E-state index in [0.29, 0.717) is 38.3 Å². The Hall–Kier alpha value is 0.280. The molecule has 4 nitrogen and oxygen atoms in total. The van der Waals surface area contributed by atoms with E-state index in [4.69, 9.17) is 18.9 Å². The number of allylic oxidation sites excluding steroid dienone is 3. The van der Waals surface area contributed by atoms with Crippen molar-refractivity contribution in [3.8, 4) is 0 Å². The highest BCUT2D eigenvalue weighted by Crippen LogP contribution is 2.69. The fourth-order valence-electron chi connectivity index (χ4n) is 4.86. The van der Waals surface area contributed by atoms with E-state index in [0.717, 1.165) is 4.48 Å². The first kappa shape index (κ1) is 13.7. The van der Waals surface area contributed by atoms with Crippen LogP contribution in [0.1, 0.15) is 0 Å². The number of fused-ring (bicyclic) bond motifs is 6. The van der Waals surface area contributed by atoms with E-state index in [1.165, 1.54) is 0 Å². The molecule has 2 aliphatic heterocycles. The minimum absolute atomic E-state index is 0.130. The largest absolute Gasteiger partial charge is 0.350 e. The van der Waals surface area contributed by atoms with Gasteiger partial charge < -0.3 is 18.9 Å². The predicted octanol–water partition coefficient (Wildman–Crippen LogP) is 2.58. The number of ether oxygens (including phenoxy) is 4. The average Bonchev–Trinajstić information content (AvgIpc) is 3.22. The number of rotatable bonds is 1. The molecule has 6 heteroatoms. The number of alkyl halides is 1. The van der Waals surface area contributed by atoms with Gasteiger partial charge in [-0.15, -0.1) is 0 Å². The van der Waals surface area contributed by atoms with E-state index < -0.39 is 5.79 Å². The summed E-state index contributed by atoms with van der Waals surface area (Å²) in [6.07, 6.45) is 6.69. The van der Waals surface area contributed by atoms with Gasteiger partial charge in [0.25, 0.3) is 0 Å². The molecule has 0 radical (unpaired) electrons. The van der Waals surface area contributed by atoms with Gasteiger partial charge in [0.1, 0.15) is 0 Å². The van der Waals surface area contributed by atoms with Crippen LogP contribution < -0.4 is 0 Å². The van der Waals surface area contributed by atoms with E-state index in [9.17, 15) is 0 Å². The molecule has 5 aliphatic rings. The molecular formula is C15H16Br2O4. The summed E-state index contributed by atoms with van der Waals surface area (Å²) in [5.41, 5.74) is 0. The lowest BCUT2D eigenvalue weighted by Gasteiger charge is -2.35. The van der Waals surface area contributed by atoms with Crippen molar-refractivity contribution in [2.45, 2.75) is 16.4 Å². The third-order valence-corrected chi connectivity index (χ3v) is 7.71. The molecule has 0 unspecified atom stereocenters. The predicted molar refractivity (Wildman–Crippen MR) is 82.1 cm³/mol. The molecule has 1 spiro atoms. The monoisotopic (exact) mass is 418 g/mol. The van der Waals surface area contributed by atoms with Crippen LogP contribution in [0.15, 0.2) is 22.7 Å². The maximum absolute atomic E-state index is 6.06. The summed E-state index contributed by atoms with van der Waals surface area (Å²) in [7, 11) is 0. The quantitative estimate of drug-likeness (QED) is 0.483. The van der Waals surface area contributed by atoms with Crippen LogP contribution in [0.3, 0.4) is 0 Å². The molecular weight excluding hydrogens is 404 g/mol. The van der Waals surface area contributed by atoms with Crippen molar-refractivity contribution in [3.05, 3.63) is 22.7 Å². The fourth-order valence-corrected chi connectivity index (χ4v) is 6.73. The van der Waals surface area contributed by atoms with E-state index in [1.807, 2.05) is 0 Å². The Kier molecular flexibility index (Phi) is 2.88. The molecule has 0 aromatic heterocycles. The zero-order chi connectivity index (χ0) is 14.2. The third kappa shape index (κ3) is 1.54. The third-order valence-electron chi connectivity index (χ3n) is 5.57.